The van der Waals surface area contributed by atoms with Crippen LogP contribution >= 0.6 is 0 Å². The van der Waals surface area contributed by atoms with Gasteiger partial charge in [0.1, 0.15) is 0 Å². The highest BCUT2D eigenvalue weighted by atomic mass is 16.5. The van der Waals surface area contributed by atoms with Gasteiger partial charge in [-0.05, 0) is 0 Å². The van der Waals surface area contributed by atoms with E-state index in [0.29, 0.717) is 0 Å². The second-order valence-electron chi connectivity index (χ2n) is 2.89. The quantitative estimate of drug-likeness (QED) is 0.469. The van der Waals surface area contributed by atoms with Crippen molar-refractivity contribution in [2.45, 2.75) is 18.4 Å². The Kier molecular flexibility index (Phi) is 1.51. The van der Waals surface area contributed by atoms with Crippen LogP contribution in [0.5, 0.6) is 0 Å². The van der Waals surface area contributed by atoms with Crippen LogP contribution < -0.4 is 0 Å². The van der Waals surface area contributed by atoms with E-state index in [-0.39, 0.29) is 5.60 Å². The van der Waals surface area contributed by atoms with Crippen LogP contribution in [-0.2, 0) is 9.47 Å². The van der Waals surface area contributed by atoms with Crippen LogP contribution in [0.4, 0.5) is 0 Å². The van der Waals surface area contributed by atoms with E-state index in [0.717, 1.165) is 32.7 Å². The Bertz CT molecular complexity index is 145. The average molecular weight is 140 g/mol. The van der Waals surface area contributed by atoms with Crippen LogP contribution in [0.15, 0.2) is 12.2 Å². The van der Waals surface area contributed by atoms with Crippen LogP contribution in [0.1, 0.15) is 12.8 Å². The first-order valence-corrected chi connectivity index (χ1v) is 3.81. The molecule has 0 aromatic rings. The number of ether oxygens (including phenoxy) is 2. The van der Waals surface area contributed by atoms with Gasteiger partial charge in [-0.2, -0.15) is 0 Å². The Morgan fingerprint density at radius 1 is 1.20 bits per heavy atom. The average Bonchev–Trinajstić information content (AvgIpc) is 2.39. The van der Waals surface area contributed by atoms with Crippen molar-refractivity contribution >= 4 is 0 Å². The Morgan fingerprint density at radius 3 is 2.60 bits per heavy atom. The number of hydrogen-bond acceptors (Lipinski definition) is 2. The van der Waals surface area contributed by atoms with Crippen molar-refractivity contribution in [3.8, 4) is 0 Å². The molecule has 0 amide bonds. The highest BCUT2D eigenvalue weighted by molar-refractivity contribution is 5.08. The molecule has 2 aliphatic rings. The molecule has 0 saturated carbocycles. The van der Waals surface area contributed by atoms with Crippen molar-refractivity contribution in [3.63, 3.8) is 0 Å². The van der Waals surface area contributed by atoms with E-state index in [1.54, 1.807) is 0 Å². The number of rotatable bonds is 0. The molecule has 0 bridgehead atoms. The third-order valence-corrected chi connectivity index (χ3v) is 2.23. The molecule has 0 unspecified atom stereocenters. The Balaban J connectivity index is 2.05. The zero-order valence-electron chi connectivity index (χ0n) is 6.01. The molecular weight excluding hydrogens is 128 g/mol. The summed E-state index contributed by atoms with van der Waals surface area (Å²) in [5.41, 5.74) is 0.0677. The maximum Gasteiger partial charge on any atom is 0.0911 e. The van der Waals surface area contributed by atoms with E-state index in [1.165, 1.54) is 0 Å². The first-order valence-electron chi connectivity index (χ1n) is 3.81. The number of hydrogen-bond donors (Lipinski definition) is 0. The van der Waals surface area contributed by atoms with Crippen LogP contribution in [-0.4, -0.2) is 25.4 Å². The minimum Gasteiger partial charge on any atom is -0.381 e. The highest BCUT2D eigenvalue weighted by Crippen LogP contribution is 2.29. The minimum absolute atomic E-state index is 0.0677. The summed E-state index contributed by atoms with van der Waals surface area (Å²) in [5, 5.41) is 0. The zero-order valence-corrected chi connectivity index (χ0v) is 6.01. The summed E-state index contributed by atoms with van der Waals surface area (Å²) in [6, 6.07) is 0. The summed E-state index contributed by atoms with van der Waals surface area (Å²) in [4.78, 5) is 0. The Labute approximate surface area is 60.8 Å². The Hall–Kier alpha value is -0.340. The predicted octanol–water partition coefficient (Wildman–Crippen LogP) is 1.12. The maximum absolute atomic E-state index is 5.59. The molecule has 1 spiro atoms. The SMILES string of the molecule is C1=CC2(CCOCC2)OC1. The molecule has 1 fully saturated rings. The highest BCUT2D eigenvalue weighted by Gasteiger charge is 2.32. The van der Waals surface area contributed by atoms with Gasteiger partial charge in [-0.25, -0.2) is 0 Å². The fraction of sp³-hybridized carbons (Fsp3) is 0.750. The molecule has 10 heavy (non-hydrogen) atoms. The second kappa shape index (κ2) is 2.36. The largest absolute Gasteiger partial charge is 0.381 e. The zero-order chi connectivity index (χ0) is 6.86. The lowest BCUT2D eigenvalue weighted by Crippen LogP contribution is -2.34. The molecule has 1 saturated heterocycles. The van der Waals surface area contributed by atoms with E-state index in [1.807, 2.05) is 0 Å². The monoisotopic (exact) mass is 140 g/mol. The molecular formula is C8H12O2. The van der Waals surface area contributed by atoms with Gasteiger partial charge in [0.2, 0.25) is 0 Å². The van der Waals surface area contributed by atoms with Gasteiger partial charge in [0.15, 0.2) is 0 Å². The maximum atomic E-state index is 5.59. The standard InChI is InChI=1S/C8H12O2/c1-2-8(10-5-1)3-6-9-7-4-8/h1-2H,3-7H2. The molecule has 0 aromatic carbocycles. The Morgan fingerprint density at radius 2 is 2.00 bits per heavy atom. The topological polar surface area (TPSA) is 18.5 Å². The summed E-state index contributed by atoms with van der Waals surface area (Å²) in [6.07, 6.45) is 6.36. The van der Waals surface area contributed by atoms with E-state index >= 15 is 0 Å². The molecule has 0 aromatic heterocycles. The van der Waals surface area contributed by atoms with Crippen LogP contribution in [0, 0.1) is 0 Å². The molecule has 56 valence electrons. The molecule has 2 rings (SSSR count). The fourth-order valence-electron chi connectivity index (χ4n) is 1.55. The van der Waals surface area contributed by atoms with Gasteiger partial charge < -0.3 is 9.47 Å². The molecule has 0 atom stereocenters. The van der Waals surface area contributed by atoms with Crippen molar-refractivity contribution in [2.24, 2.45) is 0 Å². The lowest BCUT2D eigenvalue weighted by atomic mass is 9.95. The van der Waals surface area contributed by atoms with Crippen LogP contribution in [0.3, 0.4) is 0 Å². The molecule has 2 aliphatic heterocycles. The lowest BCUT2D eigenvalue weighted by molar-refractivity contribution is -0.0602. The molecule has 2 heteroatoms. The van der Waals surface area contributed by atoms with E-state index in [4.69, 9.17) is 9.47 Å². The molecule has 0 aliphatic carbocycles. The minimum atomic E-state index is 0.0677. The summed E-state index contributed by atoms with van der Waals surface area (Å²) in [7, 11) is 0. The summed E-state index contributed by atoms with van der Waals surface area (Å²) >= 11 is 0. The first-order chi connectivity index (χ1) is 4.91. The lowest BCUT2D eigenvalue weighted by Gasteiger charge is -2.30. The van der Waals surface area contributed by atoms with Gasteiger partial charge in [-0.15, -0.1) is 0 Å². The third kappa shape index (κ3) is 0.976. The van der Waals surface area contributed by atoms with Crippen molar-refractivity contribution in [2.75, 3.05) is 19.8 Å². The van der Waals surface area contributed by atoms with Crippen molar-refractivity contribution in [3.05, 3.63) is 12.2 Å². The summed E-state index contributed by atoms with van der Waals surface area (Å²) in [5.74, 6) is 0. The summed E-state index contributed by atoms with van der Waals surface area (Å²) in [6.45, 7) is 2.49. The van der Waals surface area contributed by atoms with Gasteiger partial charge in [0, 0.05) is 26.1 Å². The van der Waals surface area contributed by atoms with Gasteiger partial charge in [0.25, 0.3) is 0 Å². The van der Waals surface area contributed by atoms with Gasteiger partial charge in [-0.1, -0.05) is 12.2 Å². The molecule has 0 radical (unpaired) electrons. The molecule has 2 heterocycles. The smallest absolute Gasteiger partial charge is 0.0911 e. The predicted molar refractivity (Wildman–Crippen MR) is 37.9 cm³/mol. The molecule has 0 N–H and O–H groups in total. The summed E-state index contributed by atoms with van der Waals surface area (Å²) < 4.78 is 10.8. The fourth-order valence-corrected chi connectivity index (χ4v) is 1.55. The van der Waals surface area contributed by atoms with Crippen molar-refractivity contribution in [1.82, 2.24) is 0 Å². The second-order valence-corrected chi connectivity index (χ2v) is 2.89. The van der Waals surface area contributed by atoms with E-state index < -0.39 is 0 Å². The molecule has 2 nitrogen and oxygen atoms in total. The van der Waals surface area contributed by atoms with Crippen molar-refractivity contribution < 1.29 is 9.47 Å². The first kappa shape index (κ1) is 6.38. The van der Waals surface area contributed by atoms with Gasteiger partial charge in [-0.3, -0.25) is 0 Å². The van der Waals surface area contributed by atoms with Crippen LogP contribution in [0.2, 0.25) is 0 Å². The van der Waals surface area contributed by atoms with Crippen LogP contribution in [0.25, 0.3) is 0 Å². The van der Waals surface area contributed by atoms with Gasteiger partial charge >= 0.3 is 0 Å². The third-order valence-electron chi connectivity index (χ3n) is 2.23. The van der Waals surface area contributed by atoms with Gasteiger partial charge in [0.05, 0.1) is 12.2 Å². The van der Waals surface area contributed by atoms with E-state index in [9.17, 15) is 0 Å². The normalized spacial score (nSPS) is 29.6. The van der Waals surface area contributed by atoms with E-state index in [2.05, 4.69) is 12.2 Å². The van der Waals surface area contributed by atoms with Crippen molar-refractivity contribution in [1.29, 1.82) is 0 Å².